The standard InChI is InChI=1S/C15H25NS/c1-5-16-15(12(2)3)11-17-10-14-8-6-7-13(4)9-14/h6-9,12,15-16H,5,10-11H2,1-4H3. The van der Waals surface area contributed by atoms with Crippen molar-refractivity contribution in [3.8, 4) is 0 Å². The van der Waals surface area contributed by atoms with Gasteiger partial charge in [-0.15, -0.1) is 0 Å². The smallest absolute Gasteiger partial charge is 0.0185 e. The predicted molar refractivity (Wildman–Crippen MR) is 79.6 cm³/mol. The van der Waals surface area contributed by atoms with Crippen LogP contribution < -0.4 is 5.32 Å². The summed E-state index contributed by atoms with van der Waals surface area (Å²) in [6.45, 7) is 9.99. The van der Waals surface area contributed by atoms with E-state index in [4.69, 9.17) is 0 Å². The summed E-state index contributed by atoms with van der Waals surface area (Å²) in [6, 6.07) is 9.44. The molecule has 1 aromatic rings. The van der Waals surface area contributed by atoms with Gasteiger partial charge in [0.1, 0.15) is 0 Å². The Labute approximate surface area is 110 Å². The van der Waals surface area contributed by atoms with E-state index in [0.717, 1.165) is 12.3 Å². The molecule has 1 N–H and O–H groups in total. The van der Waals surface area contributed by atoms with Crippen LogP contribution in [-0.4, -0.2) is 18.3 Å². The van der Waals surface area contributed by atoms with E-state index in [-0.39, 0.29) is 0 Å². The molecule has 0 saturated carbocycles. The van der Waals surface area contributed by atoms with Gasteiger partial charge in [0, 0.05) is 17.5 Å². The Morgan fingerprint density at radius 1 is 1.29 bits per heavy atom. The Bertz CT molecular complexity index is 322. The van der Waals surface area contributed by atoms with Crippen LogP contribution >= 0.6 is 11.8 Å². The third-order valence-corrected chi connectivity index (χ3v) is 4.05. The first-order chi connectivity index (χ1) is 8.13. The van der Waals surface area contributed by atoms with Crippen LogP contribution in [-0.2, 0) is 5.75 Å². The lowest BCUT2D eigenvalue weighted by molar-refractivity contribution is 0.443. The highest BCUT2D eigenvalue weighted by Crippen LogP contribution is 2.16. The maximum absolute atomic E-state index is 3.56. The van der Waals surface area contributed by atoms with Crippen LogP contribution in [0.2, 0.25) is 0 Å². The second-order valence-electron chi connectivity index (χ2n) is 4.91. The van der Waals surface area contributed by atoms with Crippen LogP contribution in [0.15, 0.2) is 24.3 Å². The van der Waals surface area contributed by atoms with Crippen LogP contribution in [0, 0.1) is 12.8 Å². The molecule has 1 atom stereocenters. The van der Waals surface area contributed by atoms with Crippen LogP contribution in [0.5, 0.6) is 0 Å². The zero-order chi connectivity index (χ0) is 12.7. The van der Waals surface area contributed by atoms with E-state index in [2.05, 4.69) is 57.3 Å². The van der Waals surface area contributed by atoms with Gasteiger partial charge in [-0.25, -0.2) is 0 Å². The molecule has 1 nitrogen and oxygen atoms in total. The van der Waals surface area contributed by atoms with Gasteiger partial charge >= 0.3 is 0 Å². The van der Waals surface area contributed by atoms with E-state index in [1.165, 1.54) is 16.9 Å². The van der Waals surface area contributed by atoms with E-state index < -0.39 is 0 Å². The quantitative estimate of drug-likeness (QED) is 0.789. The minimum atomic E-state index is 0.634. The van der Waals surface area contributed by atoms with Crippen molar-refractivity contribution in [2.45, 2.75) is 39.5 Å². The van der Waals surface area contributed by atoms with Gasteiger partial charge in [-0.2, -0.15) is 11.8 Å². The molecule has 0 bridgehead atoms. The normalized spacial score (nSPS) is 13.0. The average Bonchev–Trinajstić information content (AvgIpc) is 2.28. The summed E-state index contributed by atoms with van der Waals surface area (Å²) in [5, 5.41) is 3.56. The van der Waals surface area contributed by atoms with Gasteiger partial charge in [-0.05, 0) is 24.9 Å². The molecule has 0 aromatic heterocycles. The van der Waals surface area contributed by atoms with Crippen molar-refractivity contribution in [3.63, 3.8) is 0 Å². The van der Waals surface area contributed by atoms with Crippen LogP contribution in [0.25, 0.3) is 0 Å². The Morgan fingerprint density at radius 3 is 2.65 bits per heavy atom. The Hall–Kier alpha value is -0.470. The first-order valence-electron chi connectivity index (χ1n) is 6.50. The molecule has 0 radical (unpaired) electrons. The highest BCUT2D eigenvalue weighted by Gasteiger charge is 2.11. The lowest BCUT2D eigenvalue weighted by Crippen LogP contribution is -2.35. The molecule has 0 heterocycles. The van der Waals surface area contributed by atoms with Gasteiger partial charge < -0.3 is 5.32 Å². The van der Waals surface area contributed by atoms with E-state index in [1.54, 1.807) is 0 Å². The van der Waals surface area contributed by atoms with Gasteiger partial charge in [-0.3, -0.25) is 0 Å². The molecular weight excluding hydrogens is 226 g/mol. The van der Waals surface area contributed by atoms with E-state index in [0.29, 0.717) is 12.0 Å². The third-order valence-electron chi connectivity index (χ3n) is 2.92. The molecule has 17 heavy (non-hydrogen) atoms. The molecule has 1 unspecified atom stereocenters. The van der Waals surface area contributed by atoms with E-state index in [1.807, 2.05) is 11.8 Å². The summed E-state index contributed by atoms with van der Waals surface area (Å²) in [5.74, 6) is 3.02. The maximum Gasteiger partial charge on any atom is 0.0185 e. The number of nitrogens with one attached hydrogen (secondary N) is 1. The fourth-order valence-corrected chi connectivity index (χ4v) is 3.14. The van der Waals surface area contributed by atoms with Crippen molar-refractivity contribution in [1.82, 2.24) is 5.32 Å². The van der Waals surface area contributed by atoms with Crippen molar-refractivity contribution in [2.24, 2.45) is 5.92 Å². The van der Waals surface area contributed by atoms with Crippen molar-refractivity contribution < 1.29 is 0 Å². The number of aryl methyl sites for hydroxylation is 1. The Kier molecular flexibility index (Phi) is 6.68. The van der Waals surface area contributed by atoms with Crippen LogP contribution in [0.3, 0.4) is 0 Å². The van der Waals surface area contributed by atoms with Gasteiger partial charge in [-0.1, -0.05) is 50.6 Å². The van der Waals surface area contributed by atoms with Crippen molar-refractivity contribution in [3.05, 3.63) is 35.4 Å². The molecule has 0 amide bonds. The van der Waals surface area contributed by atoms with E-state index >= 15 is 0 Å². The molecule has 0 aliphatic carbocycles. The maximum atomic E-state index is 3.56. The number of thioether (sulfide) groups is 1. The van der Waals surface area contributed by atoms with Gasteiger partial charge in [0.25, 0.3) is 0 Å². The minimum Gasteiger partial charge on any atom is -0.313 e. The molecule has 0 aliphatic rings. The second-order valence-corrected chi connectivity index (χ2v) is 5.94. The van der Waals surface area contributed by atoms with Crippen molar-refractivity contribution in [2.75, 3.05) is 12.3 Å². The summed E-state index contributed by atoms with van der Waals surface area (Å²) < 4.78 is 0. The number of hydrogen-bond acceptors (Lipinski definition) is 2. The molecule has 0 fully saturated rings. The Morgan fingerprint density at radius 2 is 2.06 bits per heavy atom. The fourth-order valence-electron chi connectivity index (χ4n) is 1.85. The molecule has 2 heteroatoms. The summed E-state index contributed by atoms with van der Waals surface area (Å²) in [4.78, 5) is 0. The van der Waals surface area contributed by atoms with Crippen molar-refractivity contribution >= 4 is 11.8 Å². The summed E-state index contributed by atoms with van der Waals surface area (Å²) in [7, 11) is 0. The van der Waals surface area contributed by atoms with Crippen LogP contribution in [0.4, 0.5) is 0 Å². The van der Waals surface area contributed by atoms with Gasteiger partial charge in [0.2, 0.25) is 0 Å². The first-order valence-corrected chi connectivity index (χ1v) is 7.65. The summed E-state index contributed by atoms with van der Waals surface area (Å²) in [5.41, 5.74) is 2.80. The third kappa shape index (κ3) is 5.60. The number of rotatable bonds is 7. The summed E-state index contributed by atoms with van der Waals surface area (Å²) in [6.07, 6.45) is 0. The first kappa shape index (κ1) is 14.6. The highest BCUT2D eigenvalue weighted by molar-refractivity contribution is 7.98. The topological polar surface area (TPSA) is 12.0 Å². The highest BCUT2D eigenvalue weighted by atomic mass is 32.2. The molecule has 0 spiro atoms. The number of hydrogen-bond donors (Lipinski definition) is 1. The number of benzene rings is 1. The van der Waals surface area contributed by atoms with Crippen LogP contribution in [0.1, 0.15) is 31.9 Å². The predicted octanol–water partition coefficient (Wildman–Crippen LogP) is 3.86. The lowest BCUT2D eigenvalue weighted by atomic mass is 10.1. The summed E-state index contributed by atoms with van der Waals surface area (Å²) >= 11 is 2.03. The Balaban J connectivity index is 2.35. The zero-order valence-corrected chi connectivity index (χ0v) is 12.3. The molecule has 96 valence electrons. The van der Waals surface area contributed by atoms with Gasteiger partial charge in [0.05, 0.1) is 0 Å². The molecule has 1 rings (SSSR count). The fraction of sp³-hybridized carbons (Fsp3) is 0.600. The zero-order valence-electron chi connectivity index (χ0n) is 11.5. The lowest BCUT2D eigenvalue weighted by Gasteiger charge is -2.21. The van der Waals surface area contributed by atoms with E-state index in [9.17, 15) is 0 Å². The molecule has 1 aromatic carbocycles. The molecule has 0 saturated heterocycles. The van der Waals surface area contributed by atoms with Gasteiger partial charge in [0.15, 0.2) is 0 Å². The molecular formula is C15H25NS. The second kappa shape index (κ2) is 7.78. The monoisotopic (exact) mass is 251 g/mol. The largest absolute Gasteiger partial charge is 0.313 e. The average molecular weight is 251 g/mol. The molecule has 0 aliphatic heterocycles. The minimum absolute atomic E-state index is 0.634. The SMILES string of the molecule is CCNC(CSCc1cccc(C)c1)C(C)C. The van der Waals surface area contributed by atoms with Crippen molar-refractivity contribution in [1.29, 1.82) is 0 Å².